The van der Waals surface area contributed by atoms with Crippen LogP contribution in [0.4, 0.5) is 0 Å². The molecule has 86 valence electrons. The number of carbonyl (C=O) groups is 1. The van der Waals surface area contributed by atoms with E-state index >= 15 is 0 Å². The van der Waals surface area contributed by atoms with Crippen LogP contribution in [-0.2, 0) is 4.79 Å². The SMILES string of the molecule is CCNC.Cc1ccccc1.NCC=O. The van der Waals surface area contributed by atoms with Gasteiger partial charge in [0.25, 0.3) is 0 Å². The van der Waals surface area contributed by atoms with Crippen LogP contribution in [0.2, 0.25) is 0 Å². The average Bonchev–Trinajstić information content (AvgIpc) is 2.31. The first-order valence-electron chi connectivity index (χ1n) is 5.02. The Morgan fingerprint density at radius 1 is 1.33 bits per heavy atom. The van der Waals surface area contributed by atoms with Crippen LogP contribution in [0.15, 0.2) is 30.3 Å². The predicted molar refractivity (Wildman–Crippen MR) is 65.9 cm³/mol. The molecule has 0 atom stereocenters. The highest BCUT2D eigenvalue weighted by Crippen LogP contribution is 1.92. The molecule has 0 unspecified atom stereocenters. The summed E-state index contributed by atoms with van der Waals surface area (Å²) in [6.07, 6.45) is 0.653. The summed E-state index contributed by atoms with van der Waals surface area (Å²) < 4.78 is 0. The van der Waals surface area contributed by atoms with Crippen molar-refractivity contribution in [2.24, 2.45) is 5.73 Å². The number of benzene rings is 1. The fourth-order valence-corrected chi connectivity index (χ4v) is 0.534. The maximum atomic E-state index is 9.05. The largest absolute Gasteiger partial charge is 0.324 e. The van der Waals surface area contributed by atoms with E-state index in [1.54, 1.807) is 0 Å². The minimum absolute atomic E-state index is 0.139. The first kappa shape index (κ1) is 16.2. The summed E-state index contributed by atoms with van der Waals surface area (Å²) in [6.45, 7) is 5.36. The molecule has 0 aliphatic carbocycles. The maximum absolute atomic E-state index is 9.05. The van der Waals surface area contributed by atoms with Gasteiger partial charge in [-0.05, 0) is 20.5 Å². The van der Waals surface area contributed by atoms with Gasteiger partial charge in [0.1, 0.15) is 6.29 Å². The van der Waals surface area contributed by atoms with Crippen LogP contribution in [-0.4, -0.2) is 26.4 Å². The number of nitrogens with two attached hydrogens (primary N) is 1. The molecular formula is C12H22N2O. The number of nitrogens with one attached hydrogen (secondary N) is 1. The molecule has 0 amide bonds. The third-order valence-corrected chi connectivity index (χ3v) is 1.39. The van der Waals surface area contributed by atoms with E-state index in [-0.39, 0.29) is 6.54 Å². The third kappa shape index (κ3) is 19.3. The van der Waals surface area contributed by atoms with Gasteiger partial charge in [-0.3, -0.25) is 0 Å². The lowest BCUT2D eigenvalue weighted by Crippen LogP contribution is -2.01. The van der Waals surface area contributed by atoms with Crippen molar-refractivity contribution in [1.29, 1.82) is 0 Å². The smallest absolute Gasteiger partial charge is 0.133 e. The Morgan fingerprint density at radius 3 is 1.87 bits per heavy atom. The summed E-state index contributed by atoms with van der Waals surface area (Å²) in [5.74, 6) is 0. The maximum Gasteiger partial charge on any atom is 0.133 e. The molecule has 0 fully saturated rings. The second-order valence-electron chi connectivity index (χ2n) is 2.76. The van der Waals surface area contributed by atoms with Gasteiger partial charge in [-0.25, -0.2) is 0 Å². The second kappa shape index (κ2) is 15.3. The van der Waals surface area contributed by atoms with Gasteiger partial charge in [0.2, 0.25) is 0 Å². The molecule has 0 saturated carbocycles. The van der Waals surface area contributed by atoms with E-state index in [0.29, 0.717) is 6.29 Å². The van der Waals surface area contributed by atoms with Crippen molar-refractivity contribution in [3.05, 3.63) is 35.9 Å². The van der Waals surface area contributed by atoms with Gasteiger partial charge in [0, 0.05) is 6.54 Å². The topological polar surface area (TPSA) is 55.1 Å². The van der Waals surface area contributed by atoms with Gasteiger partial charge in [0.05, 0.1) is 0 Å². The normalized spacial score (nSPS) is 7.73. The molecule has 0 aliphatic rings. The highest BCUT2D eigenvalue weighted by atomic mass is 16.1. The molecule has 0 bridgehead atoms. The van der Waals surface area contributed by atoms with Crippen molar-refractivity contribution in [3.8, 4) is 0 Å². The molecule has 0 saturated heterocycles. The minimum Gasteiger partial charge on any atom is -0.324 e. The summed E-state index contributed by atoms with van der Waals surface area (Å²) in [5.41, 5.74) is 5.98. The standard InChI is InChI=1S/C7H8.C3H9N.C2H5NO/c1-7-5-3-2-4-6-7;1-3-4-2;3-1-2-4/h2-6H,1H3;4H,3H2,1-2H3;2H,1,3H2. The Kier molecular flexibility index (Phi) is 16.6. The van der Waals surface area contributed by atoms with Crippen LogP contribution >= 0.6 is 0 Å². The Balaban J connectivity index is 0. The Morgan fingerprint density at radius 2 is 1.73 bits per heavy atom. The quantitative estimate of drug-likeness (QED) is 0.725. The number of aryl methyl sites for hydroxylation is 1. The monoisotopic (exact) mass is 210 g/mol. The minimum atomic E-state index is 0.139. The van der Waals surface area contributed by atoms with Crippen LogP contribution in [0.25, 0.3) is 0 Å². The van der Waals surface area contributed by atoms with E-state index in [9.17, 15) is 0 Å². The van der Waals surface area contributed by atoms with Crippen molar-refractivity contribution >= 4 is 6.29 Å². The van der Waals surface area contributed by atoms with Gasteiger partial charge >= 0.3 is 0 Å². The zero-order valence-corrected chi connectivity index (χ0v) is 9.86. The van der Waals surface area contributed by atoms with E-state index in [4.69, 9.17) is 4.79 Å². The Bertz CT molecular complexity index is 210. The van der Waals surface area contributed by atoms with Crippen molar-refractivity contribution < 1.29 is 4.79 Å². The molecule has 1 rings (SSSR count). The zero-order chi connectivity index (χ0) is 11.9. The van der Waals surface area contributed by atoms with Crippen molar-refractivity contribution in [2.75, 3.05) is 20.1 Å². The van der Waals surface area contributed by atoms with Gasteiger partial charge in [-0.1, -0.05) is 42.8 Å². The number of rotatable bonds is 2. The number of hydrogen-bond donors (Lipinski definition) is 2. The van der Waals surface area contributed by atoms with Crippen LogP contribution in [0.1, 0.15) is 12.5 Å². The zero-order valence-electron chi connectivity index (χ0n) is 9.86. The lowest BCUT2D eigenvalue weighted by molar-refractivity contribution is -0.106. The van der Waals surface area contributed by atoms with Gasteiger partial charge in [-0.15, -0.1) is 0 Å². The highest BCUT2D eigenvalue weighted by molar-refractivity contribution is 5.51. The van der Waals surface area contributed by atoms with Crippen LogP contribution in [0.3, 0.4) is 0 Å². The molecule has 0 spiro atoms. The Labute approximate surface area is 92.7 Å². The van der Waals surface area contributed by atoms with Crippen molar-refractivity contribution in [3.63, 3.8) is 0 Å². The van der Waals surface area contributed by atoms with E-state index in [1.165, 1.54) is 5.56 Å². The van der Waals surface area contributed by atoms with Gasteiger partial charge in [-0.2, -0.15) is 0 Å². The van der Waals surface area contributed by atoms with Crippen molar-refractivity contribution in [2.45, 2.75) is 13.8 Å². The third-order valence-electron chi connectivity index (χ3n) is 1.39. The summed E-state index contributed by atoms with van der Waals surface area (Å²) >= 11 is 0. The second-order valence-corrected chi connectivity index (χ2v) is 2.76. The molecule has 0 heterocycles. The molecule has 3 nitrogen and oxygen atoms in total. The lowest BCUT2D eigenvalue weighted by atomic mass is 10.2. The fraction of sp³-hybridized carbons (Fsp3) is 0.417. The van der Waals surface area contributed by atoms with Crippen LogP contribution in [0.5, 0.6) is 0 Å². The molecule has 0 aliphatic heterocycles. The molecule has 1 aromatic carbocycles. The van der Waals surface area contributed by atoms with E-state index in [1.807, 2.05) is 25.2 Å². The van der Waals surface area contributed by atoms with Crippen LogP contribution in [0, 0.1) is 6.92 Å². The summed E-state index contributed by atoms with van der Waals surface area (Å²) in [4.78, 5) is 9.05. The first-order chi connectivity index (χ1) is 7.22. The summed E-state index contributed by atoms with van der Waals surface area (Å²) in [6, 6.07) is 10.3. The average molecular weight is 210 g/mol. The molecule has 1 aromatic rings. The number of carbonyl (C=O) groups excluding carboxylic acids is 1. The van der Waals surface area contributed by atoms with Gasteiger partial charge in [0.15, 0.2) is 0 Å². The summed E-state index contributed by atoms with van der Waals surface area (Å²) in [5, 5.41) is 2.93. The highest BCUT2D eigenvalue weighted by Gasteiger charge is 1.72. The van der Waals surface area contributed by atoms with E-state index in [2.05, 4.69) is 37.0 Å². The molecule has 0 radical (unpaired) electrons. The number of hydrogen-bond acceptors (Lipinski definition) is 3. The molecular weight excluding hydrogens is 188 g/mol. The van der Waals surface area contributed by atoms with Crippen LogP contribution < -0.4 is 11.1 Å². The lowest BCUT2D eigenvalue weighted by Gasteiger charge is -1.82. The molecule has 3 heteroatoms. The first-order valence-corrected chi connectivity index (χ1v) is 5.02. The Hall–Kier alpha value is -1.19. The number of aldehydes is 1. The molecule has 15 heavy (non-hydrogen) atoms. The van der Waals surface area contributed by atoms with E-state index in [0.717, 1.165) is 6.54 Å². The van der Waals surface area contributed by atoms with Crippen molar-refractivity contribution in [1.82, 2.24) is 5.32 Å². The predicted octanol–water partition coefficient (Wildman–Crippen LogP) is 1.36. The fourth-order valence-electron chi connectivity index (χ4n) is 0.534. The van der Waals surface area contributed by atoms with E-state index < -0.39 is 0 Å². The molecule has 3 N–H and O–H groups in total. The van der Waals surface area contributed by atoms with Gasteiger partial charge < -0.3 is 15.8 Å². The molecule has 0 aromatic heterocycles. The summed E-state index contributed by atoms with van der Waals surface area (Å²) in [7, 11) is 1.93.